The van der Waals surface area contributed by atoms with Gasteiger partial charge < -0.3 is 49.1 Å². The van der Waals surface area contributed by atoms with Crippen molar-refractivity contribution in [2.45, 2.75) is 83.9 Å². The minimum atomic E-state index is -0.599. The van der Waals surface area contributed by atoms with Gasteiger partial charge in [-0.3, -0.25) is 4.90 Å². The fourth-order valence-corrected chi connectivity index (χ4v) is 8.10. The highest BCUT2D eigenvalue weighted by atomic mass is 16.6. The van der Waals surface area contributed by atoms with Crippen LogP contribution in [-0.4, -0.2) is 137 Å². The van der Waals surface area contributed by atoms with Crippen molar-refractivity contribution >= 4 is 24.0 Å². The first-order chi connectivity index (χ1) is 38.6. The number of ether oxygens (including phenoxy) is 7. The van der Waals surface area contributed by atoms with E-state index in [1.165, 1.54) is 21.3 Å². The third-order valence-electron chi connectivity index (χ3n) is 12.2. The van der Waals surface area contributed by atoms with Gasteiger partial charge in [-0.15, -0.1) is 0 Å². The number of aromatic nitrogens is 3. The van der Waals surface area contributed by atoms with E-state index >= 15 is 0 Å². The number of pyridine rings is 3. The molecule has 3 heterocycles. The fraction of sp³-hybridized carbons (Fsp3) is 0.403. The van der Waals surface area contributed by atoms with Gasteiger partial charge in [0.15, 0.2) is 0 Å². The van der Waals surface area contributed by atoms with E-state index in [-0.39, 0.29) is 35.2 Å². The molecule has 1 amide bonds. The minimum absolute atomic E-state index is 0.0114. The molecule has 0 saturated carbocycles. The second-order valence-electron chi connectivity index (χ2n) is 19.6. The molecule has 3 N–H and O–H groups in total. The Kier molecular flexibility index (Phi) is 24.0. The molecule has 18 heteroatoms. The van der Waals surface area contributed by atoms with E-state index in [1.807, 2.05) is 93.7 Å². The van der Waals surface area contributed by atoms with E-state index in [4.69, 9.17) is 38.1 Å². The summed E-state index contributed by atoms with van der Waals surface area (Å²) in [4.78, 5) is 66.4. The van der Waals surface area contributed by atoms with Gasteiger partial charge in [0.2, 0.25) is 0 Å². The molecule has 3 aromatic rings. The zero-order valence-electron chi connectivity index (χ0n) is 46.9. The highest BCUT2D eigenvalue weighted by molar-refractivity contribution is 5.88. The summed E-state index contributed by atoms with van der Waals surface area (Å²) in [6.07, 6.45) is 19.7. The largest absolute Gasteiger partial charge is 0.497 e. The zero-order valence-corrected chi connectivity index (χ0v) is 46.9. The number of nitrogens with one attached hydrogen (secondary N) is 3. The summed E-state index contributed by atoms with van der Waals surface area (Å²) in [5.74, 6) is 18.3. The molecule has 6 rings (SSSR count). The molecule has 0 aliphatic heterocycles. The first kappa shape index (κ1) is 61.1. The number of carbonyl (C=O) groups is 4. The van der Waals surface area contributed by atoms with Crippen LogP contribution in [0.15, 0.2) is 108 Å². The van der Waals surface area contributed by atoms with Crippen molar-refractivity contribution in [1.82, 2.24) is 35.8 Å². The molecule has 3 atom stereocenters. The Bertz CT molecular complexity index is 3080. The Hall–Kier alpha value is -8.15. The molecule has 0 saturated heterocycles. The lowest BCUT2D eigenvalue weighted by Gasteiger charge is -2.23. The van der Waals surface area contributed by atoms with Gasteiger partial charge in [0.1, 0.15) is 28.4 Å². The maximum atomic E-state index is 13.0. The van der Waals surface area contributed by atoms with Gasteiger partial charge in [-0.2, -0.15) is 0 Å². The molecule has 420 valence electrons. The number of allylic oxidation sites excluding steroid dienone is 7. The summed E-state index contributed by atoms with van der Waals surface area (Å²) in [5, 5.41) is 9.68. The van der Waals surface area contributed by atoms with Gasteiger partial charge in [-0.05, 0) is 107 Å². The van der Waals surface area contributed by atoms with Crippen LogP contribution < -0.4 is 16.0 Å². The monoisotopic (exact) mass is 1090 g/mol. The third-order valence-corrected chi connectivity index (χ3v) is 12.2. The maximum absolute atomic E-state index is 13.0. The molecule has 0 radical (unpaired) electrons. The first-order valence-electron chi connectivity index (χ1n) is 26.4. The highest BCUT2D eigenvalue weighted by Gasteiger charge is 2.18. The molecule has 80 heavy (non-hydrogen) atoms. The number of methoxy groups -OCH3 is 5. The Morgan fingerprint density at radius 3 is 1.61 bits per heavy atom. The molecule has 0 spiro atoms. The zero-order chi connectivity index (χ0) is 57.3. The molecule has 0 aromatic carbocycles. The van der Waals surface area contributed by atoms with Crippen LogP contribution >= 0.6 is 0 Å². The third kappa shape index (κ3) is 20.9. The lowest BCUT2D eigenvalue weighted by atomic mass is 10.00. The summed E-state index contributed by atoms with van der Waals surface area (Å²) in [6, 6.07) is 10.4. The number of nitrogens with zero attached hydrogens (tertiary/aromatic N) is 4. The van der Waals surface area contributed by atoms with Crippen molar-refractivity contribution < 1.29 is 52.3 Å². The van der Waals surface area contributed by atoms with Gasteiger partial charge in [0, 0.05) is 99.8 Å². The molecule has 0 fully saturated rings. The number of amides is 1. The lowest BCUT2D eigenvalue weighted by Crippen LogP contribution is -2.37. The van der Waals surface area contributed by atoms with Crippen LogP contribution in [0.1, 0.15) is 112 Å². The molecular weight excluding hydrogens is 1020 g/mol. The molecule has 3 unspecified atom stereocenters. The number of esters is 3. The summed E-state index contributed by atoms with van der Waals surface area (Å²) in [5.41, 5.74) is 5.11. The average molecular weight is 1090 g/mol. The Morgan fingerprint density at radius 2 is 1.14 bits per heavy atom. The van der Waals surface area contributed by atoms with Crippen molar-refractivity contribution in [2.75, 3.05) is 74.9 Å². The van der Waals surface area contributed by atoms with E-state index in [2.05, 4.69) is 66.3 Å². The van der Waals surface area contributed by atoms with Crippen LogP contribution in [0, 0.1) is 41.4 Å². The van der Waals surface area contributed by atoms with Crippen LogP contribution in [0.2, 0.25) is 0 Å². The molecule has 3 aromatic heterocycles. The summed E-state index contributed by atoms with van der Waals surface area (Å²) >= 11 is 0. The molecule has 0 bridgehead atoms. The van der Waals surface area contributed by atoms with Gasteiger partial charge in [-0.25, -0.2) is 34.1 Å². The summed E-state index contributed by atoms with van der Waals surface area (Å²) < 4.78 is 37.2. The van der Waals surface area contributed by atoms with Crippen molar-refractivity contribution in [3.8, 4) is 35.5 Å². The van der Waals surface area contributed by atoms with Gasteiger partial charge in [-0.1, -0.05) is 65.9 Å². The van der Waals surface area contributed by atoms with Crippen molar-refractivity contribution in [3.63, 3.8) is 0 Å². The van der Waals surface area contributed by atoms with Gasteiger partial charge in [0.05, 0.1) is 57.7 Å². The molecule has 18 nitrogen and oxygen atoms in total. The van der Waals surface area contributed by atoms with Gasteiger partial charge >= 0.3 is 24.0 Å². The second-order valence-corrected chi connectivity index (χ2v) is 19.6. The SMILES string of the molecule is COC(=O)c1cc(C#CC2=CCC(OC)C=C2)cc(CNCCN(CCNCc2cc(C#CC3C=CC(OC)=CC3)cc(C(=O)OC)n2)Cc2cc(C#CC3=CCC(OCCCNC(=O)OC(C)(C)C)C=C3)cc(C(=O)OC)n2)n1. The number of carbonyl (C=O) groups excluding carboxylic acids is 4. The van der Waals surface area contributed by atoms with E-state index in [0.29, 0.717) is 118 Å². The van der Waals surface area contributed by atoms with Crippen LogP contribution in [0.25, 0.3) is 0 Å². The number of hydrogen-bond acceptors (Lipinski definition) is 17. The Morgan fingerprint density at radius 1 is 0.613 bits per heavy atom. The Labute approximate surface area is 469 Å². The average Bonchev–Trinajstić information content (AvgIpc) is 3.48. The molecule has 3 aliphatic rings. The number of alkyl carbamates (subject to hydrolysis) is 1. The summed E-state index contributed by atoms with van der Waals surface area (Å²) in [6.45, 7) is 9.34. The van der Waals surface area contributed by atoms with Crippen LogP contribution in [-0.2, 0) is 52.8 Å². The maximum Gasteiger partial charge on any atom is 0.407 e. The minimum Gasteiger partial charge on any atom is -0.497 e. The van der Waals surface area contributed by atoms with Gasteiger partial charge in [0.25, 0.3) is 0 Å². The van der Waals surface area contributed by atoms with Crippen molar-refractivity contribution in [1.29, 1.82) is 0 Å². The molecule has 3 aliphatic carbocycles. The molecular formula is C62H71N7O11. The normalized spacial score (nSPS) is 16.3. The van der Waals surface area contributed by atoms with Crippen LogP contribution in [0.3, 0.4) is 0 Å². The fourth-order valence-electron chi connectivity index (χ4n) is 8.10. The van der Waals surface area contributed by atoms with E-state index in [0.717, 1.165) is 16.9 Å². The van der Waals surface area contributed by atoms with Crippen LogP contribution in [0.5, 0.6) is 0 Å². The second kappa shape index (κ2) is 31.4. The topological polar surface area (TPSA) is 211 Å². The predicted molar refractivity (Wildman–Crippen MR) is 301 cm³/mol. The smallest absolute Gasteiger partial charge is 0.407 e. The predicted octanol–water partition coefficient (Wildman–Crippen LogP) is 6.86. The summed E-state index contributed by atoms with van der Waals surface area (Å²) in [7, 11) is 7.23. The van der Waals surface area contributed by atoms with Crippen molar-refractivity contribution in [2.24, 2.45) is 5.92 Å². The van der Waals surface area contributed by atoms with E-state index in [9.17, 15) is 19.2 Å². The number of hydrogen-bond donors (Lipinski definition) is 3. The van der Waals surface area contributed by atoms with E-state index < -0.39 is 29.6 Å². The van der Waals surface area contributed by atoms with Crippen LogP contribution in [0.4, 0.5) is 4.79 Å². The van der Waals surface area contributed by atoms with Crippen molar-refractivity contribution in [3.05, 3.63) is 159 Å². The highest BCUT2D eigenvalue weighted by Crippen LogP contribution is 2.19. The standard InChI is InChI=1S/C62H71N7O11/c1-62(2,3)80-61(73)65-28-9-33-79-54-26-20-45(21-27-54)12-15-48-36-51(68-57(39-48)60(72)78-8)42-69(31-29-63-40-49-34-46(37-55(66-49)58(70)76-6)13-10-43-16-22-52(74-4)23-17-43)32-30-64-41-50-35-47(38-56(67-50)59(71)77-7)14-11-44-18-24-53(75-5)25-19-44/h16-18,20-22,24-26,34-39,44,52,54,63-64H,9,19,23,27-33,40-42H2,1-8H3,(H,65,73). The Balaban J connectivity index is 1.15. The number of rotatable bonds is 22. The lowest BCUT2D eigenvalue weighted by molar-refractivity contribution is 0.0507. The van der Waals surface area contributed by atoms with E-state index in [1.54, 1.807) is 32.4 Å². The quantitative estimate of drug-likeness (QED) is 0.0406. The first-order valence-corrected chi connectivity index (χ1v) is 26.4.